The van der Waals surface area contributed by atoms with Crippen LogP contribution in [0.15, 0.2) is 12.7 Å². The van der Waals surface area contributed by atoms with Gasteiger partial charge in [0.05, 0.1) is 39.1 Å². The zero-order chi connectivity index (χ0) is 14.4. The second-order valence-electron chi connectivity index (χ2n) is 3.32. The predicted molar refractivity (Wildman–Crippen MR) is 64.2 cm³/mol. The minimum absolute atomic E-state index is 0.365. The second-order valence-corrected chi connectivity index (χ2v) is 3.32. The van der Waals surface area contributed by atoms with Gasteiger partial charge in [0.2, 0.25) is 0 Å². The number of carboxylic acids is 1. The zero-order valence-electron chi connectivity index (χ0n) is 10.5. The normalized spacial score (nSPS) is 17.9. The number of rotatable bonds is 3. The second kappa shape index (κ2) is 14.1. The fraction of sp³-hybridized carbons (Fsp3) is 0.727. The van der Waals surface area contributed by atoms with Gasteiger partial charge in [0.15, 0.2) is 0 Å². The molecule has 0 bridgehead atoms. The van der Waals surface area contributed by atoms with Crippen LogP contribution >= 0.6 is 0 Å². The first kappa shape index (κ1) is 19.4. The first-order chi connectivity index (χ1) is 8.47. The molecule has 0 aromatic heterocycles. The first-order valence-corrected chi connectivity index (χ1v) is 5.42. The molecular formula is C11H22O7. The van der Waals surface area contributed by atoms with Crippen LogP contribution in [0.25, 0.3) is 0 Å². The summed E-state index contributed by atoms with van der Waals surface area (Å²) in [6.45, 7) is 7.27. The summed E-state index contributed by atoms with van der Waals surface area (Å²) in [4.78, 5) is 9.25. The molecule has 0 saturated carbocycles. The molecule has 1 unspecified atom stereocenters. The van der Waals surface area contributed by atoms with Crippen molar-refractivity contribution in [2.45, 2.75) is 19.1 Å². The minimum atomic E-state index is -0.981. The van der Waals surface area contributed by atoms with Crippen molar-refractivity contribution in [3.05, 3.63) is 12.7 Å². The van der Waals surface area contributed by atoms with Crippen molar-refractivity contribution < 1.29 is 34.7 Å². The summed E-state index contributed by atoms with van der Waals surface area (Å²) in [7, 11) is 0. The van der Waals surface area contributed by atoms with E-state index in [-0.39, 0.29) is 13.2 Å². The first-order valence-electron chi connectivity index (χ1n) is 5.42. The molecule has 108 valence electrons. The summed E-state index contributed by atoms with van der Waals surface area (Å²) in [5, 5.41) is 31.6. The molecule has 2 saturated heterocycles. The number of carboxylic acid groups (broad SMARTS) is 1. The van der Waals surface area contributed by atoms with E-state index in [0.717, 1.165) is 25.9 Å². The summed E-state index contributed by atoms with van der Waals surface area (Å²) < 4.78 is 9.21. The fourth-order valence-electron chi connectivity index (χ4n) is 0.154. The van der Waals surface area contributed by atoms with Crippen LogP contribution in [0.4, 0.5) is 0 Å². The Morgan fingerprint density at radius 2 is 1.72 bits per heavy atom. The highest BCUT2D eigenvalue weighted by Crippen LogP contribution is 2.04. The number of aliphatic carboxylic acids is 1. The van der Waals surface area contributed by atoms with Crippen molar-refractivity contribution in [3.8, 4) is 0 Å². The molecule has 7 heteroatoms. The van der Waals surface area contributed by atoms with Gasteiger partial charge in [-0.1, -0.05) is 6.58 Å². The van der Waals surface area contributed by atoms with Gasteiger partial charge < -0.3 is 29.9 Å². The van der Waals surface area contributed by atoms with Crippen LogP contribution in [0.1, 0.15) is 6.92 Å². The number of hydrogen-bond donors (Lipinski definition) is 4. The third-order valence-corrected chi connectivity index (χ3v) is 1.30. The van der Waals surface area contributed by atoms with Crippen LogP contribution in [0.2, 0.25) is 0 Å². The van der Waals surface area contributed by atoms with Crippen molar-refractivity contribution in [2.24, 2.45) is 0 Å². The lowest BCUT2D eigenvalue weighted by Crippen LogP contribution is -2.15. The van der Waals surface area contributed by atoms with Gasteiger partial charge in [0.25, 0.3) is 0 Å². The van der Waals surface area contributed by atoms with Gasteiger partial charge in [-0.25, -0.2) is 4.79 Å². The summed E-state index contributed by atoms with van der Waals surface area (Å²) in [5.74, 6) is -0.981. The molecule has 18 heavy (non-hydrogen) atoms. The molecule has 2 aliphatic rings. The van der Waals surface area contributed by atoms with E-state index in [2.05, 4.69) is 18.2 Å². The summed E-state index contributed by atoms with van der Waals surface area (Å²) in [6.07, 6.45) is 0.463. The number of hydrogen-bond acceptors (Lipinski definition) is 6. The highest BCUT2D eigenvalue weighted by atomic mass is 16.6. The molecule has 0 aromatic carbocycles. The maximum Gasteiger partial charge on any atom is 0.327 e. The maximum atomic E-state index is 9.25. The Morgan fingerprint density at radius 1 is 1.44 bits per heavy atom. The Labute approximate surface area is 106 Å². The largest absolute Gasteiger partial charge is 0.478 e. The quantitative estimate of drug-likeness (QED) is 0.382. The fourth-order valence-corrected chi connectivity index (χ4v) is 0.154. The zero-order valence-corrected chi connectivity index (χ0v) is 10.5. The number of aliphatic hydroxyl groups excluding tert-OH is 3. The van der Waals surface area contributed by atoms with E-state index in [0.29, 0.717) is 6.10 Å². The predicted octanol–water partition coefficient (Wildman–Crippen LogP) is -0.989. The standard InChI is InChI=1S/C3H8O3.C3H4O2.C3H6O.C2H4O/c4-1-3(6)2-5;1-2-3(4)5;1-3-2-4-3;1-2-3-1/h3-6H,1-2H2;2H,1H2,(H,4,5);3H,2H2,1H3;1-2H2. The van der Waals surface area contributed by atoms with Crippen LogP contribution in [0.5, 0.6) is 0 Å². The van der Waals surface area contributed by atoms with Crippen LogP contribution in [0, 0.1) is 0 Å². The Morgan fingerprint density at radius 3 is 1.72 bits per heavy atom. The average Bonchev–Trinajstić information content (AvgIpc) is 3.22. The maximum absolute atomic E-state index is 9.25. The van der Waals surface area contributed by atoms with Crippen LogP contribution < -0.4 is 0 Å². The molecule has 2 rings (SSSR count). The lowest BCUT2D eigenvalue weighted by molar-refractivity contribution is -0.131. The third kappa shape index (κ3) is 36.3. The van der Waals surface area contributed by atoms with E-state index in [1.165, 1.54) is 0 Å². The van der Waals surface area contributed by atoms with E-state index >= 15 is 0 Å². The van der Waals surface area contributed by atoms with Crippen molar-refractivity contribution >= 4 is 5.97 Å². The van der Waals surface area contributed by atoms with E-state index in [4.69, 9.17) is 25.2 Å². The Balaban J connectivity index is 0. The smallest absolute Gasteiger partial charge is 0.327 e. The Bertz CT molecular complexity index is 195. The molecule has 7 nitrogen and oxygen atoms in total. The molecule has 0 spiro atoms. The molecule has 0 amide bonds. The molecule has 4 N–H and O–H groups in total. The van der Waals surface area contributed by atoms with Crippen molar-refractivity contribution in [1.29, 1.82) is 0 Å². The molecule has 2 aliphatic heterocycles. The molecule has 0 aliphatic carbocycles. The molecule has 0 radical (unpaired) electrons. The van der Waals surface area contributed by atoms with Gasteiger partial charge in [-0.05, 0) is 6.92 Å². The molecule has 2 fully saturated rings. The Hall–Kier alpha value is -0.990. The molecular weight excluding hydrogens is 244 g/mol. The highest BCUT2D eigenvalue weighted by molar-refractivity contribution is 5.78. The molecule has 1 atom stereocenters. The van der Waals surface area contributed by atoms with Crippen LogP contribution in [0.3, 0.4) is 0 Å². The monoisotopic (exact) mass is 266 g/mol. The van der Waals surface area contributed by atoms with Gasteiger partial charge in [0, 0.05) is 6.08 Å². The molecule has 2 heterocycles. The topological polar surface area (TPSA) is 123 Å². The van der Waals surface area contributed by atoms with Gasteiger partial charge >= 0.3 is 5.97 Å². The average molecular weight is 266 g/mol. The van der Waals surface area contributed by atoms with Gasteiger partial charge in [0.1, 0.15) is 6.10 Å². The summed E-state index contributed by atoms with van der Waals surface area (Å²) in [6, 6.07) is 0. The van der Waals surface area contributed by atoms with Crippen LogP contribution in [-0.4, -0.2) is 71.6 Å². The highest BCUT2D eigenvalue weighted by Gasteiger charge is 2.13. The number of carbonyl (C=O) groups is 1. The van der Waals surface area contributed by atoms with Crippen molar-refractivity contribution in [3.63, 3.8) is 0 Å². The minimum Gasteiger partial charge on any atom is -0.478 e. The van der Waals surface area contributed by atoms with Gasteiger partial charge in [-0.2, -0.15) is 0 Å². The SMILES string of the molecule is C1CO1.C=CC(=O)O.CC1CO1.OCC(O)CO. The lowest BCUT2D eigenvalue weighted by Gasteiger charge is -1.96. The van der Waals surface area contributed by atoms with Gasteiger partial charge in [-0.3, -0.25) is 0 Å². The number of ether oxygens (including phenoxy) is 2. The van der Waals surface area contributed by atoms with E-state index in [1.807, 2.05) is 0 Å². The number of epoxide rings is 2. The van der Waals surface area contributed by atoms with E-state index in [9.17, 15) is 4.79 Å². The van der Waals surface area contributed by atoms with E-state index in [1.54, 1.807) is 0 Å². The van der Waals surface area contributed by atoms with Crippen LogP contribution in [-0.2, 0) is 14.3 Å². The third-order valence-electron chi connectivity index (χ3n) is 1.30. The summed E-state index contributed by atoms with van der Waals surface area (Å²) in [5.41, 5.74) is 0. The van der Waals surface area contributed by atoms with E-state index < -0.39 is 12.1 Å². The van der Waals surface area contributed by atoms with Crippen molar-refractivity contribution in [2.75, 3.05) is 33.0 Å². The van der Waals surface area contributed by atoms with Crippen molar-refractivity contribution in [1.82, 2.24) is 0 Å². The Kier molecular flexibility index (Phi) is 15.1. The van der Waals surface area contributed by atoms with Gasteiger partial charge in [-0.15, -0.1) is 0 Å². The summed E-state index contributed by atoms with van der Waals surface area (Å²) >= 11 is 0. The number of aliphatic hydroxyl groups is 3. The lowest BCUT2D eigenvalue weighted by atomic mass is 10.4. The molecule has 0 aromatic rings.